The number of carbonyl (C=O) groups excluding carboxylic acids is 1. The zero-order valence-corrected chi connectivity index (χ0v) is 14.8. The van der Waals surface area contributed by atoms with Crippen LogP contribution in [0.1, 0.15) is 35.3 Å². The summed E-state index contributed by atoms with van der Waals surface area (Å²) in [4.78, 5) is 31.4. The molecule has 0 saturated carbocycles. The van der Waals surface area contributed by atoms with Gasteiger partial charge in [0.05, 0.1) is 27.5 Å². The molecule has 2 atom stereocenters. The van der Waals surface area contributed by atoms with Crippen molar-refractivity contribution in [1.82, 2.24) is 9.97 Å². The fourth-order valence-electron chi connectivity index (χ4n) is 2.34. The lowest BCUT2D eigenvalue weighted by molar-refractivity contribution is -0.139. The van der Waals surface area contributed by atoms with E-state index in [9.17, 15) is 9.59 Å². The number of amides is 1. The summed E-state index contributed by atoms with van der Waals surface area (Å²) in [6, 6.07) is 2.19. The van der Waals surface area contributed by atoms with Crippen molar-refractivity contribution in [3.8, 4) is 0 Å². The summed E-state index contributed by atoms with van der Waals surface area (Å²) >= 11 is 11.9. The minimum absolute atomic E-state index is 0.113. The van der Waals surface area contributed by atoms with Gasteiger partial charge in [-0.2, -0.15) is 0 Å². The Morgan fingerprint density at radius 2 is 1.88 bits per heavy atom. The monoisotopic (exact) mass is 382 g/mol. The Labute approximate surface area is 154 Å². The van der Waals surface area contributed by atoms with Gasteiger partial charge in [-0.05, 0) is 18.6 Å². The third-order valence-corrected chi connectivity index (χ3v) is 4.24. The first kappa shape index (κ1) is 19.1. The van der Waals surface area contributed by atoms with Crippen molar-refractivity contribution in [2.24, 2.45) is 5.73 Å². The maximum atomic E-state index is 12.3. The second-order valence-corrected chi connectivity index (χ2v) is 6.10. The number of carbonyl (C=O) groups is 2. The van der Waals surface area contributed by atoms with Gasteiger partial charge in [-0.1, -0.05) is 30.1 Å². The van der Waals surface area contributed by atoms with Crippen molar-refractivity contribution in [3.63, 3.8) is 0 Å². The van der Waals surface area contributed by atoms with Gasteiger partial charge in [0.2, 0.25) is 0 Å². The van der Waals surface area contributed by atoms with Crippen LogP contribution in [0.25, 0.3) is 0 Å². The fourth-order valence-corrected chi connectivity index (χ4v) is 2.88. The van der Waals surface area contributed by atoms with Crippen LogP contribution >= 0.6 is 23.2 Å². The molecular formula is C16H16Cl2N4O3. The third-order valence-electron chi connectivity index (χ3n) is 3.66. The van der Waals surface area contributed by atoms with E-state index in [0.29, 0.717) is 17.8 Å². The molecule has 132 valence electrons. The number of anilines is 1. The zero-order valence-electron chi connectivity index (χ0n) is 13.2. The van der Waals surface area contributed by atoms with E-state index >= 15 is 0 Å². The van der Waals surface area contributed by atoms with Crippen molar-refractivity contribution in [1.29, 1.82) is 0 Å². The highest BCUT2D eigenvalue weighted by molar-refractivity contribution is 6.40. The molecule has 0 aromatic carbocycles. The molecular weight excluding hydrogens is 367 g/mol. The lowest BCUT2D eigenvalue weighted by Crippen LogP contribution is -2.36. The summed E-state index contributed by atoms with van der Waals surface area (Å²) in [6.45, 7) is 1.83. The van der Waals surface area contributed by atoms with Crippen LogP contribution in [0, 0.1) is 0 Å². The largest absolute Gasteiger partial charge is 0.480 e. The second kappa shape index (κ2) is 8.24. The molecule has 2 heterocycles. The Morgan fingerprint density at radius 3 is 2.36 bits per heavy atom. The van der Waals surface area contributed by atoms with Gasteiger partial charge >= 0.3 is 5.97 Å². The van der Waals surface area contributed by atoms with Gasteiger partial charge in [-0.15, -0.1) is 0 Å². The van der Waals surface area contributed by atoms with Gasteiger partial charge in [-0.25, -0.2) is 0 Å². The summed E-state index contributed by atoms with van der Waals surface area (Å²) in [6.07, 6.45) is 4.59. The van der Waals surface area contributed by atoms with Crippen molar-refractivity contribution in [3.05, 3.63) is 52.0 Å². The number of aromatic nitrogens is 2. The normalized spacial score (nSPS) is 13.1. The first-order valence-electron chi connectivity index (χ1n) is 7.39. The first-order chi connectivity index (χ1) is 11.8. The van der Waals surface area contributed by atoms with Crippen LogP contribution in [0.3, 0.4) is 0 Å². The Hall–Kier alpha value is -2.22. The van der Waals surface area contributed by atoms with Gasteiger partial charge in [0.1, 0.15) is 6.04 Å². The van der Waals surface area contributed by atoms with E-state index in [1.807, 2.05) is 6.92 Å². The minimum Gasteiger partial charge on any atom is -0.480 e. The smallest absolute Gasteiger partial charge is 0.321 e. The highest BCUT2D eigenvalue weighted by Crippen LogP contribution is 2.25. The molecule has 1 amide bonds. The molecule has 0 saturated heterocycles. The van der Waals surface area contributed by atoms with Gasteiger partial charge in [0.15, 0.2) is 0 Å². The van der Waals surface area contributed by atoms with E-state index in [4.69, 9.17) is 34.0 Å². The van der Waals surface area contributed by atoms with Crippen LogP contribution in [-0.2, 0) is 4.79 Å². The molecule has 1 unspecified atom stereocenters. The Bertz CT molecular complexity index is 763. The van der Waals surface area contributed by atoms with Gasteiger partial charge in [0.25, 0.3) is 5.91 Å². The van der Waals surface area contributed by atoms with Crippen molar-refractivity contribution < 1.29 is 14.7 Å². The summed E-state index contributed by atoms with van der Waals surface area (Å²) in [7, 11) is 0. The number of nitrogens with two attached hydrogens (primary N) is 1. The number of aliphatic carboxylic acids is 1. The molecule has 0 spiro atoms. The van der Waals surface area contributed by atoms with Crippen LogP contribution in [0.2, 0.25) is 10.0 Å². The van der Waals surface area contributed by atoms with E-state index in [-0.39, 0.29) is 15.6 Å². The van der Waals surface area contributed by atoms with Gasteiger partial charge in [0, 0.05) is 24.0 Å². The van der Waals surface area contributed by atoms with Crippen molar-refractivity contribution in [2.45, 2.75) is 25.3 Å². The molecule has 0 radical (unpaired) electrons. The Balaban J connectivity index is 2.17. The number of hydrogen-bond donors (Lipinski definition) is 3. The quantitative estimate of drug-likeness (QED) is 0.706. The van der Waals surface area contributed by atoms with Crippen molar-refractivity contribution >= 4 is 40.8 Å². The molecule has 0 aliphatic rings. The SMILES string of the molecule is CCC(c1ccc(NC(=O)c2c(Cl)cncc2Cl)cn1)[C@H](N)C(=O)O. The molecule has 2 aromatic heterocycles. The molecule has 2 aromatic rings. The van der Waals surface area contributed by atoms with Crippen LogP contribution < -0.4 is 11.1 Å². The van der Waals surface area contributed by atoms with Crippen LogP contribution in [0.4, 0.5) is 5.69 Å². The maximum absolute atomic E-state index is 12.3. The van der Waals surface area contributed by atoms with Gasteiger partial charge < -0.3 is 16.2 Å². The zero-order chi connectivity index (χ0) is 18.6. The number of hydrogen-bond acceptors (Lipinski definition) is 5. The molecule has 25 heavy (non-hydrogen) atoms. The highest BCUT2D eigenvalue weighted by Gasteiger charge is 2.25. The summed E-state index contributed by atoms with van der Waals surface area (Å²) in [5.74, 6) is -2.01. The molecule has 0 fully saturated rings. The number of nitrogens with one attached hydrogen (secondary N) is 1. The minimum atomic E-state index is -1.09. The first-order valence-corrected chi connectivity index (χ1v) is 8.15. The average molecular weight is 383 g/mol. The number of carboxylic acids is 1. The number of carboxylic acid groups (broad SMARTS) is 1. The topological polar surface area (TPSA) is 118 Å². The van der Waals surface area contributed by atoms with E-state index in [2.05, 4.69) is 15.3 Å². The molecule has 0 aliphatic carbocycles. The number of rotatable bonds is 6. The van der Waals surface area contributed by atoms with E-state index in [0.717, 1.165) is 0 Å². The van der Waals surface area contributed by atoms with Crippen LogP contribution in [-0.4, -0.2) is 33.0 Å². The number of pyridine rings is 2. The Kier molecular flexibility index (Phi) is 6.30. The number of halogens is 2. The van der Waals surface area contributed by atoms with Gasteiger partial charge in [-0.3, -0.25) is 19.6 Å². The average Bonchev–Trinajstić information content (AvgIpc) is 2.56. The lowest BCUT2D eigenvalue weighted by Gasteiger charge is -2.18. The van der Waals surface area contributed by atoms with E-state index in [1.54, 1.807) is 12.1 Å². The van der Waals surface area contributed by atoms with E-state index < -0.39 is 23.8 Å². The fraction of sp³-hybridized carbons (Fsp3) is 0.250. The predicted molar refractivity (Wildman–Crippen MR) is 95.1 cm³/mol. The molecule has 0 bridgehead atoms. The number of nitrogens with zero attached hydrogens (tertiary/aromatic N) is 2. The maximum Gasteiger partial charge on any atom is 0.321 e. The Morgan fingerprint density at radius 1 is 1.24 bits per heavy atom. The van der Waals surface area contributed by atoms with Crippen LogP contribution in [0.5, 0.6) is 0 Å². The molecule has 7 nitrogen and oxygen atoms in total. The molecule has 0 aliphatic heterocycles. The molecule has 9 heteroatoms. The predicted octanol–water partition coefficient (Wildman–Crippen LogP) is 2.94. The summed E-state index contributed by atoms with van der Waals surface area (Å²) < 4.78 is 0. The summed E-state index contributed by atoms with van der Waals surface area (Å²) in [5.41, 5.74) is 6.75. The van der Waals surface area contributed by atoms with Crippen molar-refractivity contribution in [2.75, 3.05) is 5.32 Å². The summed E-state index contributed by atoms with van der Waals surface area (Å²) in [5, 5.41) is 12.0. The third kappa shape index (κ3) is 4.45. The highest BCUT2D eigenvalue weighted by atomic mass is 35.5. The second-order valence-electron chi connectivity index (χ2n) is 5.28. The lowest BCUT2D eigenvalue weighted by atomic mass is 9.93. The standard InChI is InChI=1S/C16H16Cl2N4O3/c1-2-9(14(19)16(24)25)12-4-3-8(5-21-12)22-15(23)13-10(17)6-20-7-11(13)18/h3-7,9,14H,2,19H2,1H3,(H,22,23)(H,24,25)/t9?,14-/m0/s1. The van der Waals surface area contributed by atoms with E-state index in [1.165, 1.54) is 18.6 Å². The van der Waals surface area contributed by atoms with Crippen LogP contribution in [0.15, 0.2) is 30.7 Å². The molecule has 2 rings (SSSR count). The molecule has 4 N–H and O–H groups in total.